The predicted octanol–water partition coefficient (Wildman–Crippen LogP) is 5.97. The molecule has 5 nitrogen and oxygen atoms in total. The summed E-state index contributed by atoms with van der Waals surface area (Å²) in [4.78, 5) is 15.1. The Morgan fingerprint density at radius 2 is 1.83 bits per heavy atom. The van der Waals surface area contributed by atoms with Crippen LogP contribution in [0.3, 0.4) is 0 Å². The van der Waals surface area contributed by atoms with E-state index in [-0.39, 0.29) is 18.3 Å². The summed E-state index contributed by atoms with van der Waals surface area (Å²) in [5.41, 5.74) is 2.49. The molecule has 1 saturated carbocycles. The van der Waals surface area contributed by atoms with E-state index >= 15 is 0 Å². The maximum atomic E-state index is 13.8. The highest BCUT2D eigenvalue weighted by atomic mass is 19.1. The largest absolute Gasteiger partial charge is 0.481 e. The van der Waals surface area contributed by atoms with Crippen LogP contribution in [0, 0.1) is 11.7 Å². The fraction of sp³-hybridized carbons (Fsp3) is 0.304. The second kappa shape index (κ2) is 8.47. The molecule has 3 aromatic rings. The summed E-state index contributed by atoms with van der Waals surface area (Å²) in [5.74, 6) is 0.323. The third kappa shape index (κ3) is 4.65. The molecule has 2 N–H and O–H groups in total. The zero-order valence-electron chi connectivity index (χ0n) is 16.0. The Morgan fingerprint density at radius 1 is 1.10 bits per heavy atom. The van der Waals surface area contributed by atoms with E-state index in [1.165, 1.54) is 11.6 Å². The number of aliphatic carboxylic acids is 1. The van der Waals surface area contributed by atoms with Crippen LogP contribution in [-0.4, -0.2) is 16.1 Å². The van der Waals surface area contributed by atoms with E-state index in [9.17, 15) is 9.18 Å². The van der Waals surface area contributed by atoms with Crippen LogP contribution in [0.5, 0.6) is 0 Å². The van der Waals surface area contributed by atoms with Crippen LogP contribution >= 0.6 is 0 Å². The van der Waals surface area contributed by atoms with Crippen molar-refractivity contribution in [1.82, 2.24) is 4.98 Å². The number of nitrogens with zero attached hydrogens (tertiary/aromatic N) is 1. The van der Waals surface area contributed by atoms with Gasteiger partial charge in [0.05, 0.1) is 11.9 Å². The number of benzene rings is 2. The van der Waals surface area contributed by atoms with Crippen molar-refractivity contribution in [1.29, 1.82) is 0 Å². The molecule has 0 saturated heterocycles. The minimum atomic E-state index is -0.700. The number of aromatic nitrogens is 1. The molecule has 1 aromatic heterocycles. The Bertz CT molecular complexity index is 976. The van der Waals surface area contributed by atoms with Gasteiger partial charge in [0.15, 0.2) is 5.76 Å². The van der Waals surface area contributed by atoms with Gasteiger partial charge in [-0.3, -0.25) is 4.79 Å². The molecule has 0 aliphatic heterocycles. The van der Waals surface area contributed by atoms with Gasteiger partial charge in [-0.2, -0.15) is 0 Å². The van der Waals surface area contributed by atoms with Gasteiger partial charge in [0, 0.05) is 12.0 Å². The molecule has 0 atom stereocenters. The molecule has 0 unspecified atom stereocenters. The summed E-state index contributed by atoms with van der Waals surface area (Å²) < 4.78 is 19.5. The summed E-state index contributed by atoms with van der Waals surface area (Å²) >= 11 is 0. The van der Waals surface area contributed by atoms with Gasteiger partial charge < -0.3 is 14.8 Å². The number of hydrogen-bond donors (Lipinski definition) is 2. The van der Waals surface area contributed by atoms with E-state index in [4.69, 9.17) is 9.52 Å². The van der Waals surface area contributed by atoms with Crippen LogP contribution in [0.4, 0.5) is 16.1 Å². The standard InChI is InChI=1S/C23H23FN2O3/c24-19-3-1-2-4-20(19)26-23-25-14-21(29-23)18-11-9-17(10-12-18)16-7-5-15(6-8-16)13-22(27)28/h1-4,9-12,14-16H,5-8,13H2,(H,25,26)(H,27,28). The third-order valence-electron chi connectivity index (χ3n) is 5.60. The number of rotatable bonds is 6. The molecule has 29 heavy (non-hydrogen) atoms. The second-order valence-electron chi connectivity index (χ2n) is 7.57. The number of para-hydroxylation sites is 1. The first-order valence-corrected chi connectivity index (χ1v) is 9.88. The first-order chi connectivity index (χ1) is 14.1. The van der Waals surface area contributed by atoms with Crippen LogP contribution in [0.25, 0.3) is 11.3 Å². The summed E-state index contributed by atoms with van der Waals surface area (Å²) in [5, 5.41) is 11.8. The van der Waals surface area contributed by atoms with Crippen molar-refractivity contribution < 1.29 is 18.7 Å². The fourth-order valence-corrected chi connectivity index (χ4v) is 4.01. The molecule has 0 spiro atoms. The lowest BCUT2D eigenvalue weighted by molar-refractivity contribution is -0.138. The number of anilines is 2. The number of carbonyl (C=O) groups is 1. The van der Waals surface area contributed by atoms with Gasteiger partial charge in [0.2, 0.25) is 0 Å². The number of carboxylic acids is 1. The normalized spacial score (nSPS) is 19.1. The van der Waals surface area contributed by atoms with E-state index in [0.717, 1.165) is 31.2 Å². The molecule has 150 valence electrons. The number of oxazole rings is 1. The molecule has 2 aromatic carbocycles. The Kier molecular flexibility index (Phi) is 5.60. The van der Waals surface area contributed by atoms with Crippen molar-refractivity contribution in [2.24, 2.45) is 5.92 Å². The smallest absolute Gasteiger partial charge is 0.303 e. The molecule has 1 fully saturated rings. The predicted molar refractivity (Wildman–Crippen MR) is 109 cm³/mol. The third-order valence-corrected chi connectivity index (χ3v) is 5.60. The fourth-order valence-electron chi connectivity index (χ4n) is 4.01. The van der Waals surface area contributed by atoms with Crippen LogP contribution in [0.15, 0.2) is 59.1 Å². The van der Waals surface area contributed by atoms with Gasteiger partial charge in [-0.1, -0.05) is 36.4 Å². The molecule has 4 rings (SSSR count). The summed E-state index contributed by atoms with van der Waals surface area (Å²) in [6.45, 7) is 0. The van der Waals surface area contributed by atoms with Crippen molar-refractivity contribution in [3.8, 4) is 11.3 Å². The van der Waals surface area contributed by atoms with Crippen LogP contribution in [0.2, 0.25) is 0 Å². The van der Waals surface area contributed by atoms with Crippen molar-refractivity contribution >= 4 is 17.7 Å². The lowest BCUT2D eigenvalue weighted by Crippen LogP contribution is -2.16. The Hall–Kier alpha value is -3.15. The molecule has 1 heterocycles. The summed E-state index contributed by atoms with van der Waals surface area (Å²) in [7, 11) is 0. The lowest BCUT2D eigenvalue weighted by Gasteiger charge is -2.28. The quantitative estimate of drug-likeness (QED) is 0.538. The minimum absolute atomic E-state index is 0.242. The Balaban J connectivity index is 1.39. The van der Waals surface area contributed by atoms with Crippen LogP contribution in [-0.2, 0) is 4.79 Å². The van der Waals surface area contributed by atoms with Crippen molar-refractivity contribution in [3.63, 3.8) is 0 Å². The zero-order chi connectivity index (χ0) is 20.2. The van der Waals surface area contributed by atoms with E-state index in [1.807, 2.05) is 12.1 Å². The average molecular weight is 394 g/mol. The van der Waals surface area contributed by atoms with Gasteiger partial charge in [0.25, 0.3) is 6.01 Å². The monoisotopic (exact) mass is 394 g/mol. The van der Waals surface area contributed by atoms with E-state index in [0.29, 0.717) is 23.3 Å². The van der Waals surface area contributed by atoms with Gasteiger partial charge >= 0.3 is 5.97 Å². The summed E-state index contributed by atoms with van der Waals surface area (Å²) in [6.07, 6.45) is 5.88. The highest BCUT2D eigenvalue weighted by molar-refractivity contribution is 5.67. The van der Waals surface area contributed by atoms with E-state index < -0.39 is 5.97 Å². The molecule has 6 heteroatoms. The number of carboxylic acid groups (broad SMARTS) is 1. The van der Waals surface area contributed by atoms with Crippen LogP contribution < -0.4 is 5.32 Å². The molecule has 0 bridgehead atoms. The molecule has 1 aliphatic carbocycles. The topological polar surface area (TPSA) is 75.4 Å². The van der Waals surface area contributed by atoms with Gasteiger partial charge in [-0.15, -0.1) is 0 Å². The van der Waals surface area contributed by atoms with Gasteiger partial charge in [-0.05, 0) is 55.2 Å². The number of nitrogens with one attached hydrogen (secondary N) is 1. The number of halogens is 1. The van der Waals surface area contributed by atoms with Crippen molar-refractivity contribution in [3.05, 3.63) is 66.1 Å². The highest BCUT2D eigenvalue weighted by Crippen LogP contribution is 2.37. The highest BCUT2D eigenvalue weighted by Gasteiger charge is 2.24. The van der Waals surface area contributed by atoms with Crippen LogP contribution in [0.1, 0.15) is 43.6 Å². The average Bonchev–Trinajstić information content (AvgIpc) is 3.19. The maximum Gasteiger partial charge on any atom is 0.303 e. The van der Waals surface area contributed by atoms with E-state index in [1.54, 1.807) is 24.4 Å². The first-order valence-electron chi connectivity index (χ1n) is 9.88. The van der Waals surface area contributed by atoms with Crippen molar-refractivity contribution in [2.75, 3.05) is 5.32 Å². The van der Waals surface area contributed by atoms with Crippen molar-refractivity contribution in [2.45, 2.75) is 38.0 Å². The molecular weight excluding hydrogens is 371 g/mol. The molecule has 0 amide bonds. The first kappa shape index (κ1) is 19.2. The zero-order valence-corrected chi connectivity index (χ0v) is 16.0. The van der Waals surface area contributed by atoms with Gasteiger partial charge in [-0.25, -0.2) is 9.37 Å². The summed E-state index contributed by atoms with van der Waals surface area (Å²) in [6, 6.07) is 14.8. The Labute approximate surface area is 168 Å². The number of hydrogen-bond acceptors (Lipinski definition) is 4. The van der Waals surface area contributed by atoms with Gasteiger partial charge in [0.1, 0.15) is 5.82 Å². The molecule has 1 aliphatic rings. The Morgan fingerprint density at radius 3 is 2.52 bits per heavy atom. The molecule has 0 radical (unpaired) electrons. The van der Waals surface area contributed by atoms with E-state index in [2.05, 4.69) is 22.4 Å². The minimum Gasteiger partial charge on any atom is -0.481 e. The SMILES string of the molecule is O=C(O)CC1CCC(c2ccc(-c3cnc(Nc4ccccc4F)o3)cc2)CC1. The maximum absolute atomic E-state index is 13.8. The molecular formula is C23H23FN2O3. The second-order valence-corrected chi connectivity index (χ2v) is 7.57. The lowest BCUT2D eigenvalue weighted by atomic mass is 9.77.